The number of aromatic hydroxyl groups is 1. The fourth-order valence-corrected chi connectivity index (χ4v) is 3.44. The molecule has 0 aliphatic carbocycles. The van der Waals surface area contributed by atoms with Gasteiger partial charge in [-0.1, -0.05) is 92.7 Å². The Morgan fingerprint density at radius 2 is 1.31 bits per heavy atom. The molecule has 1 aromatic rings. The first-order valence-electron chi connectivity index (χ1n) is 10.5. The molecule has 0 aliphatic heterocycles. The Balaban J connectivity index is 2.80. The molecule has 1 rings (SSSR count). The zero-order valence-corrected chi connectivity index (χ0v) is 18.3. The molecular formula is C24H42O2. The molecule has 1 aromatic carbocycles. The molecule has 2 heteroatoms. The maximum Gasteiger partial charge on any atom is 0.123 e. The van der Waals surface area contributed by atoms with Crippen molar-refractivity contribution < 1.29 is 10.2 Å². The lowest BCUT2D eigenvalue weighted by Gasteiger charge is -2.28. The second-order valence-electron chi connectivity index (χ2n) is 9.93. The number of rotatable bonds is 9. The number of hydrogen-bond acceptors (Lipinski definition) is 2. The van der Waals surface area contributed by atoms with Crippen LogP contribution in [0.4, 0.5) is 0 Å². The second-order valence-corrected chi connectivity index (χ2v) is 9.93. The molecule has 0 radical (unpaired) electrons. The Labute approximate surface area is 162 Å². The lowest BCUT2D eigenvalue weighted by atomic mass is 9.78. The van der Waals surface area contributed by atoms with Gasteiger partial charge >= 0.3 is 0 Å². The molecule has 0 amide bonds. The van der Waals surface area contributed by atoms with Gasteiger partial charge in [-0.15, -0.1) is 0 Å². The molecule has 26 heavy (non-hydrogen) atoms. The van der Waals surface area contributed by atoms with E-state index < -0.39 is 0 Å². The predicted molar refractivity (Wildman–Crippen MR) is 113 cm³/mol. The van der Waals surface area contributed by atoms with Gasteiger partial charge in [-0.25, -0.2) is 0 Å². The average molecular weight is 363 g/mol. The minimum Gasteiger partial charge on any atom is -0.507 e. The highest BCUT2D eigenvalue weighted by Gasteiger charge is 2.26. The first-order valence-corrected chi connectivity index (χ1v) is 10.5. The lowest BCUT2D eigenvalue weighted by Crippen LogP contribution is -2.18. The van der Waals surface area contributed by atoms with E-state index >= 15 is 0 Å². The van der Waals surface area contributed by atoms with E-state index in [0.717, 1.165) is 36.8 Å². The summed E-state index contributed by atoms with van der Waals surface area (Å²) >= 11 is 0. The molecule has 0 saturated heterocycles. The van der Waals surface area contributed by atoms with Gasteiger partial charge in [0.1, 0.15) is 5.75 Å². The Hall–Kier alpha value is -1.02. The molecule has 0 bridgehead atoms. The van der Waals surface area contributed by atoms with Crippen molar-refractivity contribution >= 4 is 0 Å². The number of phenols is 1. The third-order valence-corrected chi connectivity index (χ3v) is 5.19. The van der Waals surface area contributed by atoms with Crippen molar-refractivity contribution in [1.82, 2.24) is 0 Å². The van der Waals surface area contributed by atoms with Crippen LogP contribution in [0, 0.1) is 0 Å². The largest absolute Gasteiger partial charge is 0.507 e. The quantitative estimate of drug-likeness (QED) is 0.483. The van der Waals surface area contributed by atoms with Gasteiger partial charge in [0.25, 0.3) is 0 Å². The van der Waals surface area contributed by atoms with Crippen molar-refractivity contribution in [2.24, 2.45) is 0 Å². The van der Waals surface area contributed by atoms with Gasteiger partial charge in [0, 0.05) is 0 Å². The van der Waals surface area contributed by atoms with Crippen molar-refractivity contribution in [2.45, 2.75) is 117 Å². The lowest BCUT2D eigenvalue weighted by molar-refractivity contribution is 0.151. The number of aliphatic hydroxyl groups is 1. The third kappa shape index (κ3) is 7.31. The van der Waals surface area contributed by atoms with Gasteiger partial charge in [-0.2, -0.15) is 0 Å². The topological polar surface area (TPSA) is 40.5 Å². The highest BCUT2D eigenvalue weighted by atomic mass is 16.3. The van der Waals surface area contributed by atoms with Crippen molar-refractivity contribution in [3.8, 4) is 5.75 Å². The first kappa shape index (κ1) is 23.0. The second kappa shape index (κ2) is 9.78. The monoisotopic (exact) mass is 362 g/mol. The van der Waals surface area contributed by atoms with Gasteiger partial charge in [-0.3, -0.25) is 0 Å². The van der Waals surface area contributed by atoms with Crippen molar-refractivity contribution in [2.75, 3.05) is 0 Å². The Bertz CT molecular complexity index is 511. The third-order valence-electron chi connectivity index (χ3n) is 5.19. The molecule has 1 atom stereocenters. The summed E-state index contributed by atoms with van der Waals surface area (Å²) in [5, 5.41) is 21.1. The molecule has 1 unspecified atom stereocenters. The van der Waals surface area contributed by atoms with Crippen LogP contribution in [0.3, 0.4) is 0 Å². The average Bonchev–Trinajstić information content (AvgIpc) is 2.51. The Morgan fingerprint density at radius 3 is 1.77 bits per heavy atom. The molecule has 0 aliphatic rings. The molecule has 0 heterocycles. The van der Waals surface area contributed by atoms with Crippen LogP contribution >= 0.6 is 0 Å². The van der Waals surface area contributed by atoms with E-state index in [1.165, 1.54) is 31.2 Å². The highest BCUT2D eigenvalue weighted by Crippen LogP contribution is 2.40. The van der Waals surface area contributed by atoms with Crippen LogP contribution in [-0.2, 0) is 17.3 Å². The molecule has 0 saturated carbocycles. The van der Waals surface area contributed by atoms with Crippen LogP contribution in [0.1, 0.15) is 110 Å². The van der Waals surface area contributed by atoms with E-state index in [-0.39, 0.29) is 16.9 Å². The number of aryl methyl sites for hydroxylation is 1. The fourth-order valence-electron chi connectivity index (χ4n) is 3.44. The van der Waals surface area contributed by atoms with Crippen molar-refractivity contribution in [3.05, 3.63) is 28.8 Å². The number of aliphatic hydroxyl groups excluding tert-OH is 1. The van der Waals surface area contributed by atoms with Crippen molar-refractivity contribution in [3.63, 3.8) is 0 Å². The normalized spacial score (nSPS) is 13.8. The summed E-state index contributed by atoms with van der Waals surface area (Å²) in [5.41, 5.74) is 3.04. The minimum absolute atomic E-state index is 0.0992. The van der Waals surface area contributed by atoms with Crippen LogP contribution in [0.2, 0.25) is 0 Å². The van der Waals surface area contributed by atoms with Crippen LogP contribution < -0.4 is 0 Å². The predicted octanol–water partition coefficient (Wildman–Crippen LogP) is 6.64. The summed E-state index contributed by atoms with van der Waals surface area (Å²) in [7, 11) is 0. The summed E-state index contributed by atoms with van der Waals surface area (Å²) in [6.07, 6.45) is 8.54. The standard InChI is InChI=1S/C24H42O2/c1-8-9-10-11-12-13-19(25)15-14-18-16-20(23(2,3)4)22(26)21(17-18)24(5,6)7/h16-17,19,25-26H,8-15H2,1-7H3. The van der Waals surface area contributed by atoms with E-state index in [0.29, 0.717) is 5.75 Å². The maximum absolute atomic E-state index is 10.8. The SMILES string of the molecule is CCCCCCCC(O)CCc1cc(C(C)(C)C)c(O)c(C(C)(C)C)c1. The van der Waals surface area contributed by atoms with Crippen LogP contribution in [0.5, 0.6) is 5.75 Å². The zero-order valence-electron chi connectivity index (χ0n) is 18.3. The molecule has 0 fully saturated rings. The van der Waals surface area contributed by atoms with Gasteiger partial charge < -0.3 is 10.2 Å². The van der Waals surface area contributed by atoms with Crippen LogP contribution in [-0.4, -0.2) is 16.3 Å². The van der Waals surface area contributed by atoms with Gasteiger partial charge in [0.2, 0.25) is 0 Å². The highest BCUT2D eigenvalue weighted by molar-refractivity contribution is 5.49. The zero-order chi connectivity index (χ0) is 20.0. The summed E-state index contributed by atoms with van der Waals surface area (Å²) < 4.78 is 0. The number of hydrogen-bond donors (Lipinski definition) is 2. The summed E-state index contributed by atoms with van der Waals surface area (Å²) in [4.78, 5) is 0. The van der Waals surface area contributed by atoms with Gasteiger partial charge in [0.15, 0.2) is 0 Å². The molecule has 2 N–H and O–H groups in total. The smallest absolute Gasteiger partial charge is 0.123 e. The first-order chi connectivity index (χ1) is 12.0. The molecule has 0 spiro atoms. The fraction of sp³-hybridized carbons (Fsp3) is 0.750. The summed E-state index contributed by atoms with van der Waals surface area (Å²) in [6.45, 7) is 15.1. The number of unbranched alkanes of at least 4 members (excludes halogenated alkanes) is 4. The van der Waals surface area contributed by atoms with Crippen molar-refractivity contribution in [1.29, 1.82) is 0 Å². The number of benzene rings is 1. The minimum atomic E-state index is -0.221. The number of phenolic OH excluding ortho intramolecular Hbond substituents is 1. The summed E-state index contributed by atoms with van der Waals surface area (Å²) in [5.74, 6) is 0.435. The molecule has 0 aromatic heterocycles. The van der Waals surface area contributed by atoms with E-state index in [2.05, 4.69) is 60.6 Å². The van der Waals surface area contributed by atoms with E-state index in [1.54, 1.807) is 0 Å². The Morgan fingerprint density at radius 1 is 0.808 bits per heavy atom. The van der Waals surface area contributed by atoms with Crippen LogP contribution in [0.15, 0.2) is 12.1 Å². The molecule has 150 valence electrons. The van der Waals surface area contributed by atoms with E-state index in [1.807, 2.05) is 0 Å². The van der Waals surface area contributed by atoms with E-state index in [4.69, 9.17) is 0 Å². The Kier molecular flexibility index (Phi) is 8.66. The summed E-state index contributed by atoms with van der Waals surface area (Å²) in [6, 6.07) is 4.27. The molecular weight excluding hydrogens is 320 g/mol. The van der Waals surface area contributed by atoms with Gasteiger partial charge in [-0.05, 0) is 46.8 Å². The van der Waals surface area contributed by atoms with Gasteiger partial charge in [0.05, 0.1) is 6.10 Å². The maximum atomic E-state index is 10.8. The van der Waals surface area contributed by atoms with Crippen LogP contribution in [0.25, 0.3) is 0 Å². The molecule has 2 nitrogen and oxygen atoms in total. The van der Waals surface area contributed by atoms with E-state index in [9.17, 15) is 10.2 Å².